The lowest BCUT2D eigenvalue weighted by Crippen LogP contribution is -2.37. The Labute approximate surface area is 151 Å². The van der Waals surface area contributed by atoms with E-state index in [-0.39, 0.29) is 48.4 Å². The van der Waals surface area contributed by atoms with E-state index in [0.29, 0.717) is 19.1 Å². The molecule has 0 saturated carbocycles. The monoisotopic (exact) mass is 354 g/mol. The van der Waals surface area contributed by atoms with Crippen molar-refractivity contribution in [2.24, 2.45) is 17.3 Å². The predicted molar refractivity (Wildman–Crippen MR) is 96.8 cm³/mol. The smallest absolute Gasteiger partial charge is 0.233 e. The third-order valence-electron chi connectivity index (χ3n) is 4.74. The second-order valence-electron chi connectivity index (χ2n) is 8.05. The topological polar surface area (TPSA) is 75.7 Å². The third kappa shape index (κ3) is 7.14. The molecule has 0 aromatic heterocycles. The highest BCUT2D eigenvalue weighted by atomic mass is 16.5. The van der Waals surface area contributed by atoms with Crippen LogP contribution >= 0.6 is 0 Å². The summed E-state index contributed by atoms with van der Waals surface area (Å²) in [5, 5.41) is 2.81. The second-order valence-corrected chi connectivity index (χ2v) is 8.05. The average molecular weight is 354 g/mol. The molecular weight excluding hydrogens is 320 g/mol. The molecule has 144 valence electrons. The van der Waals surface area contributed by atoms with E-state index in [1.165, 1.54) is 4.90 Å². The minimum Gasteiger partial charge on any atom is -0.381 e. The van der Waals surface area contributed by atoms with Gasteiger partial charge in [-0.25, -0.2) is 0 Å². The summed E-state index contributed by atoms with van der Waals surface area (Å²) in [6, 6.07) is 0. The maximum atomic E-state index is 12.3. The molecule has 0 aromatic carbocycles. The number of carbonyl (C=O) groups is 3. The van der Waals surface area contributed by atoms with Crippen molar-refractivity contribution in [2.45, 2.75) is 60.3 Å². The minimum atomic E-state index is -0.286. The van der Waals surface area contributed by atoms with Gasteiger partial charge >= 0.3 is 0 Å². The minimum absolute atomic E-state index is 0.137. The van der Waals surface area contributed by atoms with Crippen molar-refractivity contribution in [3.63, 3.8) is 0 Å². The Hall–Kier alpha value is -1.43. The Kier molecular flexibility index (Phi) is 8.56. The Balaban J connectivity index is 2.22. The number of imide groups is 1. The molecule has 1 fully saturated rings. The molecule has 2 atom stereocenters. The fourth-order valence-corrected chi connectivity index (χ4v) is 2.70. The van der Waals surface area contributed by atoms with Crippen LogP contribution in [0.1, 0.15) is 60.3 Å². The third-order valence-corrected chi connectivity index (χ3v) is 4.74. The fourth-order valence-electron chi connectivity index (χ4n) is 2.70. The van der Waals surface area contributed by atoms with Crippen LogP contribution in [-0.4, -0.2) is 48.9 Å². The number of nitrogens with zero attached hydrogens (tertiary/aromatic N) is 1. The van der Waals surface area contributed by atoms with E-state index in [2.05, 4.69) is 19.2 Å². The quantitative estimate of drug-likeness (QED) is 0.483. The SMILES string of the molecule is CCC(C)COCCCNC(=O)CCN1C(=O)CC(C(C)(C)C)C1=O. The van der Waals surface area contributed by atoms with E-state index < -0.39 is 0 Å². The van der Waals surface area contributed by atoms with Gasteiger partial charge in [-0.2, -0.15) is 0 Å². The molecular formula is C19H34N2O4. The van der Waals surface area contributed by atoms with Crippen LogP contribution in [0, 0.1) is 17.3 Å². The molecule has 0 spiro atoms. The summed E-state index contributed by atoms with van der Waals surface area (Å²) in [7, 11) is 0. The highest BCUT2D eigenvalue weighted by molar-refractivity contribution is 6.04. The Morgan fingerprint density at radius 2 is 2.04 bits per heavy atom. The zero-order valence-electron chi connectivity index (χ0n) is 16.4. The molecule has 0 aliphatic carbocycles. The largest absolute Gasteiger partial charge is 0.381 e. The van der Waals surface area contributed by atoms with Crippen molar-refractivity contribution in [2.75, 3.05) is 26.3 Å². The van der Waals surface area contributed by atoms with E-state index in [1.807, 2.05) is 20.8 Å². The summed E-state index contributed by atoms with van der Waals surface area (Å²) in [6.45, 7) is 12.2. The first-order chi connectivity index (χ1) is 11.7. The molecule has 25 heavy (non-hydrogen) atoms. The standard InChI is InChI=1S/C19H34N2O4/c1-6-14(2)13-25-11-7-9-20-16(22)8-10-21-17(23)12-15(18(21)24)19(3,4)5/h14-15H,6-13H2,1-5H3,(H,20,22). The van der Waals surface area contributed by atoms with Gasteiger partial charge in [0.05, 0.1) is 5.92 Å². The van der Waals surface area contributed by atoms with E-state index in [4.69, 9.17) is 4.74 Å². The maximum absolute atomic E-state index is 12.3. The molecule has 1 aliphatic rings. The number of amides is 3. The van der Waals surface area contributed by atoms with Crippen molar-refractivity contribution >= 4 is 17.7 Å². The van der Waals surface area contributed by atoms with Crippen molar-refractivity contribution in [3.05, 3.63) is 0 Å². The number of rotatable bonds is 10. The Bertz CT molecular complexity index is 471. The fraction of sp³-hybridized carbons (Fsp3) is 0.842. The summed E-state index contributed by atoms with van der Waals surface area (Å²) in [4.78, 5) is 37.5. The molecule has 0 bridgehead atoms. The van der Waals surface area contributed by atoms with E-state index in [0.717, 1.165) is 19.4 Å². The van der Waals surface area contributed by atoms with Crippen LogP contribution < -0.4 is 5.32 Å². The van der Waals surface area contributed by atoms with Crippen LogP contribution in [0.3, 0.4) is 0 Å². The summed E-state index contributed by atoms with van der Waals surface area (Å²) in [5.41, 5.74) is -0.237. The summed E-state index contributed by atoms with van der Waals surface area (Å²) in [6.07, 6.45) is 2.26. The highest BCUT2D eigenvalue weighted by Crippen LogP contribution is 2.35. The lowest BCUT2D eigenvalue weighted by molar-refractivity contribution is -0.140. The normalized spacial score (nSPS) is 19.4. The number of hydrogen-bond acceptors (Lipinski definition) is 4. The number of hydrogen-bond donors (Lipinski definition) is 1. The zero-order valence-corrected chi connectivity index (χ0v) is 16.4. The van der Waals surface area contributed by atoms with Crippen LogP contribution in [-0.2, 0) is 19.1 Å². The molecule has 6 heteroatoms. The molecule has 2 unspecified atom stereocenters. The molecule has 1 saturated heterocycles. The van der Waals surface area contributed by atoms with Crippen LogP contribution in [0.15, 0.2) is 0 Å². The van der Waals surface area contributed by atoms with Crippen molar-refractivity contribution in [1.82, 2.24) is 10.2 Å². The van der Waals surface area contributed by atoms with Gasteiger partial charge in [0.25, 0.3) is 0 Å². The number of likely N-dealkylation sites (tertiary alicyclic amines) is 1. The van der Waals surface area contributed by atoms with Crippen LogP contribution in [0.25, 0.3) is 0 Å². The molecule has 1 N–H and O–H groups in total. The van der Waals surface area contributed by atoms with Gasteiger partial charge in [0.15, 0.2) is 0 Å². The molecule has 6 nitrogen and oxygen atoms in total. The Morgan fingerprint density at radius 1 is 1.36 bits per heavy atom. The lowest BCUT2D eigenvalue weighted by atomic mass is 9.80. The first-order valence-corrected chi connectivity index (χ1v) is 9.35. The van der Waals surface area contributed by atoms with Crippen molar-refractivity contribution < 1.29 is 19.1 Å². The van der Waals surface area contributed by atoms with Gasteiger partial charge in [0.2, 0.25) is 17.7 Å². The first kappa shape index (κ1) is 21.6. The average Bonchev–Trinajstić information content (AvgIpc) is 2.83. The molecule has 0 aromatic rings. The van der Waals surface area contributed by atoms with Gasteiger partial charge in [-0.05, 0) is 17.8 Å². The van der Waals surface area contributed by atoms with E-state index in [1.54, 1.807) is 0 Å². The van der Waals surface area contributed by atoms with Gasteiger partial charge in [-0.3, -0.25) is 19.3 Å². The number of nitrogens with one attached hydrogen (secondary N) is 1. The Morgan fingerprint density at radius 3 is 2.60 bits per heavy atom. The number of ether oxygens (including phenoxy) is 1. The lowest BCUT2D eigenvalue weighted by Gasteiger charge is -2.24. The summed E-state index contributed by atoms with van der Waals surface area (Å²) < 4.78 is 5.53. The molecule has 0 radical (unpaired) electrons. The first-order valence-electron chi connectivity index (χ1n) is 9.35. The number of carbonyl (C=O) groups excluding carboxylic acids is 3. The molecule has 1 aliphatic heterocycles. The van der Waals surface area contributed by atoms with Crippen molar-refractivity contribution in [1.29, 1.82) is 0 Å². The maximum Gasteiger partial charge on any atom is 0.233 e. The van der Waals surface area contributed by atoms with Gasteiger partial charge in [-0.15, -0.1) is 0 Å². The summed E-state index contributed by atoms with van der Waals surface area (Å²) >= 11 is 0. The van der Waals surface area contributed by atoms with Gasteiger partial charge in [0, 0.05) is 39.1 Å². The van der Waals surface area contributed by atoms with Gasteiger partial charge in [0.1, 0.15) is 0 Å². The zero-order chi connectivity index (χ0) is 19.0. The van der Waals surface area contributed by atoms with Crippen LogP contribution in [0.2, 0.25) is 0 Å². The van der Waals surface area contributed by atoms with Gasteiger partial charge in [-0.1, -0.05) is 41.0 Å². The molecule has 3 amide bonds. The van der Waals surface area contributed by atoms with Gasteiger partial charge < -0.3 is 10.1 Å². The van der Waals surface area contributed by atoms with Crippen LogP contribution in [0.5, 0.6) is 0 Å². The highest BCUT2D eigenvalue weighted by Gasteiger charge is 2.44. The predicted octanol–water partition coefficient (Wildman–Crippen LogP) is 2.37. The van der Waals surface area contributed by atoms with Crippen molar-refractivity contribution in [3.8, 4) is 0 Å². The second kappa shape index (κ2) is 9.90. The van der Waals surface area contributed by atoms with E-state index >= 15 is 0 Å². The summed E-state index contributed by atoms with van der Waals surface area (Å²) in [5.74, 6) is -0.186. The molecule has 1 rings (SSSR count). The van der Waals surface area contributed by atoms with Crippen LogP contribution in [0.4, 0.5) is 0 Å². The van der Waals surface area contributed by atoms with E-state index in [9.17, 15) is 14.4 Å². The molecule has 1 heterocycles.